The summed E-state index contributed by atoms with van der Waals surface area (Å²) in [5.41, 5.74) is 1.79. The molecule has 4 rings (SSSR count). The van der Waals surface area contributed by atoms with Crippen LogP contribution >= 0.6 is 0 Å². The van der Waals surface area contributed by atoms with E-state index in [2.05, 4.69) is 10.3 Å². The van der Waals surface area contributed by atoms with Crippen molar-refractivity contribution in [1.82, 2.24) is 15.0 Å². The van der Waals surface area contributed by atoms with Gasteiger partial charge in [-0.05, 0) is 49.1 Å². The van der Waals surface area contributed by atoms with E-state index in [0.717, 1.165) is 23.7 Å². The van der Waals surface area contributed by atoms with Crippen LogP contribution in [0.2, 0.25) is 0 Å². The predicted molar refractivity (Wildman–Crippen MR) is 75.3 cm³/mol. The molecule has 0 amide bonds. The van der Waals surface area contributed by atoms with Gasteiger partial charge in [-0.25, -0.2) is 4.68 Å². The molecule has 0 radical (unpaired) electrons. The first kappa shape index (κ1) is 12.1. The van der Waals surface area contributed by atoms with E-state index in [4.69, 9.17) is 0 Å². The first-order chi connectivity index (χ1) is 9.83. The number of aliphatic hydroxyl groups excluding tert-OH is 1. The van der Waals surface area contributed by atoms with Gasteiger partial charge in [-0.15, -0.1) is 5.10 Å². The summed E-state index contributed by atoms with van der Waals surface area (Å²) in [7, 11) is 0. The molecule has 0 saturated heterocycles. The molecular weight excluding hydrogens is 250 g/mol. The van der Waals surface area contributed by atoms with Crippen molar-refractivity contribution in [3.63, 3.8) is 0 Å². The summed E-state index contributed by atoms with van der Waals surface area (Å²) in [4.78, 5) is 0. The van der Waals surface area contributed by atoms with Gasteiger partial charge in [0.1, 0.15) is 6.10 Å². The minimum absolute atomic E-state index is 0.384. The van der Waals surface area contributed by atoms with Crippen molar-refractivity contribution in [2.75, 3.05) is 0 Å². The van der Waals surface area contributed by atoms with E-state index in [1.165, 1.54) is 19.3 Å². The molecule has 2 aliphatic carbocycles. The fourth-order valence-electron chi connectivity index (χ4n) is 4.11. The highest BCUT2D eigenvalue weighted by atomic mass is 16.3. The van der Waals surface area contributed by atoms with E-state index in [-0.39, 0.29) is 0 Å². The van der Waals surface area contributed by atoms with Crippen LogP contribution in [0.15, 0.2) is 36.5 Å². The molecule has 1 heterocycles. The summed E-state index contributed by atoms with van der Waals surface area (Å²) in [6.07, 6.45) is 6.36. The fraction of sp³-hybridized carbons (Fsp3) is 0.500. The topological polar surface area (TPSA) is 50.9 Å². The molecule has 20 heavy (non-hydrogen) atoms. The summed E-state index contributed by atoms with van der Waals surface area (Å²) in [5, 5.41) is 18.9. The highest BCUT2D eigenvalue weighted by molar-refractivity contribution is 5.32. The van der Waals surface area contributed by atoms with Gasteiger partial charge in [0.25, 0.3) is 0 Å². The number of fused-ring (bicyclic) bond motifs is 2. The first-order valence-corrected chi connectivity index (χ1v) is 7.47. The van der Waals surface area contributed by atoms with E-state index in [1.807, 2.05) is 30.3 Å². The SMILES string of the molecule is OC(c1cnnn1-c1ccccc1)C1CC2CCC1C2. The van der Waals surface area contributed by atoms with Crippen molar-refractivity contribution in [1.29, 1.82) is 0 Å². The Kier molecular flexibility index (Phi) is 2.84. The average Bonchev–Trinajstić information content (AvgIpc) is 3.23. The maximum absolute atomic E-state index is 10.8. The van der Waals surface area contributed by atoms with Crippen LogP contribution in [-0.4, -0.2) is 20.1 Å². The van der Waals surface area contributed by atoms with Crippen LogP contribution in [0.5, 0.6) is 0 Å². The number of benzene rings is 1. The highest BCUT2D eigenvalue weighted by Crippen LogP contribution is 2.52. The molecular formula is C16H19N3O. The Labute approximate surface area is 118 Å². The number of aromatic nitrogens is 3. The number of hydrogen-bond donors (Lipinski definition) is 1. The number of nitrogens with zero attached hydrogens (tertiary/aromatic N) is 3. The van der Waals surface area contributed by atoms with Crippen LogP contribution in [0.3, 0.4) is 0 Å². The van der Waals surface area contributed by atoms with Gasteiger partial charge < -0.3 is 5.11 Å². The first-order valence-electron chi connectivity index (χ1n) is 7.47. The quantitative estimate of drug-likeness (QED) is 0.932. The molecule has 2 saturated carbocycles. The summed E-state index contributed by atoms with van der Waals surface area (Å²) < 4.78 is 1.77. The lowest BCUT2D eigenvalue weighted by molar-refractivity contribution is 0.0689. The second-order valence-corrected chi connectivity index (χ2v) is 6.19. The van der Waals surface area contributed by atoms with Crippen molar-refractivity contribution < 1.29 is 5.11 Å². The Bertz CT molecular complexity index is 595. The molecule has 4 nitrogen and oxygen atoms in total. The van der Waals surface area contributed by atoms with Crippen molar-refractivity contribution in [3.8, 4) is 5.69 Å². The third-order valence-electron chi connectivity index (χ3n) is 5.08. The van der Waals surface area contributed by atoms with Gasteiger partial charge in [0.2, 0.25) is 0 Å². The second kappa shape index (κ2) is 4.70. The Balaban J connectivity index is 1.65. The zero-order valence-corrected chi connectivity index (χ0v) is 11.4. The van der Waals surface area contributed by atoms with E-state index in [1.54, 1.807) is 10.9 Å². The zero-order chi connectivity index (χ0) is 13.5. The number of para-hydroxylation sites is 1. The number of rotatable bonds is 3. The molecule has 0 spiro atoms. The van der Waals surface area contributed by atoms with Gasteiger partial charge in [0.05, 0.1) is 17.6 Å². The van der Waals surface area contributed by atoms with Crippen LogP contribution in [-0.2, 0) is 0 Å². The molecule has 4 heteroatoms. The van der Waals surface area contributed by atoms with Crippen molar-refractivity contribution in [2.45, 2.75) is 31.8 Å². The summed E-state index contributed by atoms with van der Waals surface area (Å²) in [5.74, 6) is 1.91. The lowest BCUT2D eigenvalue weighted by atomic mass is 9.83. The van der Waals surface area contributed by atoms with Gasteiger partial charge >= 0.3 is 0 Å². The zero-order valence-electron chi connectivity index (χ0n) is 11.4. The lowest BCUT2D eigenvalue weighted by Gasteiger charge is -2.26. The van der Waals surface area contributed by atoms with E-state index in [9.17, 15) is 5.11 Å². The maximum Gasteiger partial charge on any atom is 0.101 e. The van der Waals surface area contributed by atoms with E-state index < -0.39 is 6.10 Å². The van der Waals surface area contributed by atoms with Gasteiger partial charge in [-0.3, -0.25) is 0 Å². The minimum atomic E-state index is -0.444. The van der Waals surface area contributed by atoms with Gasteiger partial charge in [0.15, 0.2) is 0 Å². The molecule has 4 atom stereocenters. The molecule has 4 unspecified atom stereocenters. The maximum atomic E-state index is 10.8. The molecule has 1 aromatic carbocycles. The Morgan fingerprint density at radius 3 is 2.70 bits per heavy atom. The smallest absolute Gasteiger partial charge is 0.101 e. The summed E-state index contributed by atoms with van der Waals surface area (Å²) >= 11 is 0. The fourth-order valence-corrected chi connectivity index (χ4v) is 4.11. The van der Waals surface area contributed by atoms with Gasteiger partial charge in [-0.1, -0.05) is 29.8 Å². The third kappa shape index (κ3) is 1.86. The average molecular weight is 269 g/mol. The molecule has 1 N–H and O–H groups in total. The van der Waals surface area contributed by atoms with Crippen LogP contribution in [0, 0.1) is 17.8 Å². The second-order valence-electron chi connectivity index (χ2n) is 6.19. The van der Waals surface area contributed by atoms with Crippen molar-refractivity contribution >= 4 is 0 Å². The molecule has 104 valence electrons. The number of hydrogen-bond acceptors (Lipinski definition) is 3. The molecule has 2 bridgehead atoms. The highest BCUT2D eigenvalue weighted by Gasteiger charge is 2.43. The van der Waals surface area contributed by atoms with Crippen LogP contribution < -0.4 is 0 Å². The molecule has 1 aromatic heterocycles. The van der Waals surface area contributed by atoms with Crippen molar-refractivity contribution in [2.24, 2.45) is 17.8 Å². The normalized spacial score (nSPS) is 29.8. The van der Waals surface area contributed by atoms with Gasteiger partial charge in [0, 0.05) is 0 Å². The largest absolute Gasteiger partial charge is 0.386 e. The van der Waals surface area contributed by atoms with Gasteiger partial charge in [-0.2, -0.15) is 0 Å². The molecule has 0 aliphatic heterocycles. The Morgan fingerprint density at radius 2 is 2.00 bits per heavy atom. The molecule has 2 fully saturated rings. The Hall–Kier alpha value is -1.68. The minimum Gasteiger partial charge on any atom is -0.386 e. The van der Waals surface area contributed by atoms with E-state index in [0.29, 0.717) is 11.8 Å². The summed E-state index contributed by atoms with van der Waals surface area (Å²) in [6.45, 7) is 0. The van der Waals surface area contributed by atoms with Crippen LogP contribution in [0.4, 0.5) is 0 Å². The number of aliphatic hydroxyl groups is 1. The van der Waals surface area contributed by atoms with E-state index >= 15 is 0 Å². The monoisotopic (exact) mass is 269 g/mol. The summed E-state index contributed by atoms with van der Waals surface area (Å²) in [6, 6.07) is 9.92. The molecule has 2 aliphatic rings. The third-order valence-corrected chi connectivity index (χ3v) is 5.08. The van der Waals surface area contributed by atoms with Crippen LogP contribution in [0.25, 0.3) is 5.69 Å². The van der Waals surface area contributed by atoms with Crippen molar-refractivity contribution in [3.05, 3.63) is 42.2 Å². The molecule has 2 aromatic rings. The Morgan fingerprint density at radius 1 is 1.15 bits per heavy atom. The standard InChI is InChI=1S/C16H19N3O/c20-16(14-9-11-6-7-12(14)8-11)15-10-17-18-19(15)13-4-2-1-3-5-13/h1-5,10-12,14,16,20H,6-9H2. The van der Waals surface area contributed by atoms with Crippen LogP contribution in [0.1, 0.15) is 37.5 Å². The lowest BCUT2D eigenvalue weighted by Crippen LogP contribution is -2.21. The predicted octanol–water partition coefficient (Wildman–Crippen LogP) is 2.74.